The van der Waals surface area contributed by atoms with E-state index < -0.39 is 11.8 Å². The maximum Gasteiger partial charge on any atom is 0.315 e. The number of benzene rings is 1. The van der Waals surface area contributed by atoms with E-state index in [1.54, 1.807) is 27.8 Å². The zero-order valence-electron chi connectivity index (χ0n) is 15.1. The van der Waals surface area contributed by atoms with Crippen LogP contribution >= 0.6 is 0 Å². The molecule has 4 rings (SSSR count). The molecule has 2 aromatic rings. The summed E-state index contributed by atoms with van der Waals surface area (Å²) in [6.45, 7) is 4.95. The van der Waals surface area contributed by atoms with Crippen LogP contribution in [0.4, 0.5) is 10.2 Å². The van der Waals surface area contributed by atoms with Gasteiger partial charge in [-0.3, -0.25) is 9.59 Å². The van der Waals surface area contributed by atoms with Crippen LogP contribution in [0.25, 0.3) is 5.69 Å². The summed E-state index contributed by atoms with van der Waals surface area (Å²) in [7, 11) is 0. The fourth-order valence-electron chi connectivity index (χ4n) is 3.93. The second-order valence-electron chi connectivity index (χ2n) is 7.24. The Balaban J connectivity index is 1.43. The monoisotopic (exact) mass is 371 g/mol. The molecule has 2 aliphatic rings. The fourth-order valence-corrected chi connectivity index (χ4v) is 3.93. The van der Waals surface area contributed by atoms with Gasteiger partial charge in [-0.25, -0.2) is 9.07 Å². The van der Waals surface area contributed by atoms with Gasteiger partial charge in [0.2, 0.25) is 0 Å². The SMILES string of the molecule is Cc1cc(NC(=O)C(=O)N2C[C@H]3CNCC[C@H]3C2)nn1-c1ccc(F)cc1. The molecule has 2 aliphatic heterocycles. The quantitative estimate of drug-likeness (QED) is 0.781. The second kappa shape index (κ2) is 7.11. The van der Waals surface area contributed by atoms with Gasteiger partial charge in [-0.1, -0.05) is 0 Å². The predicted molar refractivity (Wildman–Crippen MR) is 97.9 cm³/mol. The summed E-state index contributed by atoms with van der Waals surface area (Å²) in [5, 5.41) is 10.2. The third-order valence-corrected chi connectivity index (χ3v) is 5.36. The number of nitrogens with one attached hydrogen (secondary N) is 2. The average Bonchev–Trinajstić information content (AvgIpc) is 3.25. The number of aryl methyl sites for hydroxylation is 1. The van der Waals surface area contributed by atoms with E-state index in [1.807, 2.05) is 6.92 Å². The van der Waals surface area contributed by atoms with Crippen LogP contribution in [0, 0.1) is 24.6 Å². The van der Waals surface area contributed by atoms with Gasteiger partial charge in [0.1, 0.15) is 5.82 Å². The van der Waals surface area contributed by atoms with Crippen LogP contribution in [0.2, 0.25) is 0 Å². The molecule has 0 unspecified atom stereocenters. The number of hydrogen-bond donors (Lipinski definition) is 2. The number of carbonyl (C=O) groups excluding carboxylic acids is 2. The van der Waals surface area contributed by atoms with Crippen molar-refractivity contribution in [3.05, 3.63) is 41.8 Å². The molecule has 8 heteroatoms. The molecule has 2 fully saturated rings. The Bertz CT molecular complexity index is 849. The van der Waals surface area contributed by atoms with Gasteiger partial charge in [0.05, 0.1) is 5.69 Å². The highest BCUT2D eigenvalue weighted by Crippen LogP contribution is 2.28. The first-order valence-corrected chi connectivity index (χ1v) is 9.15. The highest BCUT2D eigenvalue weighted by molar-refractivity contribution is 6.39. The van der Waals surface area contributed by atoms with E-state index >= 15 is 0 Å². The van der Waals surface area contributed by atoms with E-state index in [9.17, 15) is 14.0 Å². The molecule has 0 bridgehead atoms. The van der Waals surface area contributed by atoms with Gasteiger partial charge in [-0.2, -0.15) is 0 Å². The van der Waals surface area contributed by atoms with E-state index in [4.69, 9.17) is 0 Å². The Morgan fingerprint density at radius 2 is 1.96 bits per heavy atom. The molecule has 0 spiro atoms. The average molecular weight is 371 g/mol. The Kier molecular flexibility index (Phi) is 4.65. The maximum absolute atomic E-state index is 13.1. The summed E-state index contributed by atoms with van der Waals surface area (Å²) in [6, 6.07) is 7.58. The Morgan fingerprint density at radius 3 is 2.70 bits per heavy atom. The van der Waals surface area contributed by atoms with Crippen molar-refractivity contribution in [3.8, 4) is 5.69 Å². The molecular weight excluding hydrogens is 349 g/mol. The van der Waals surface area contributed by atoms with Gasteiger partial charge in [0.15, 0.2) is 5.82 Å². The lowest BCUT2D eigenvalue weighted by Gasteiger charge is -2.23. The highest BCUT2D eigenvalue weighted by Gasteiger charge is 2.38. The Labute approximate surface area is 156 Å². The Morgan fingerprint density at radius 1 is 1.22 bits per heavy atom. The molecule has 2 atom stereocenters. The third-order valence-electron chi connectivity index (χ3n) is 5.36. The number of likely N-dealkylation sites (tertiary alicyclic amines) is 1. The molecule has 0 aliphatic carbocycles. The molecule has 1 aromatic heterocycles. The number of rotatable bonds is 2. The van der Waals surface area contributed by atoms with Crippen molar-refractivity contribution >= 4 is 17.6 Å². The first-order chi connectivity index (χ1) is 13.0. The minimum Gasteiger partial charge on any atom is -0.334 e. The smallest absolute Gasteiger partial charge is 0.315 e. The standard InChI is InChI=1S/C19H22FN5O2/c1-12-8-17(23-25(12)16-4-2-15(20)3-5-16)22-18(26)19(27)24-10-13-6-7-21-9-14(13)11-24/h2-5,8,13-14,21H,6-7,9-11H2,1H3,(H,22,23,26)/t13-,14+/m0/s1. The lowest BCUT2D eigenvalue weighted by Crippen LogP contribution is -2.38. The lowest BCUT2D eigenvalue weighted by molar-refractivity contribution is -0.142. The van der Waals surface area contributed by atoms with Crippen molar-refractivity contribution in [1.29, 1.82) is 0 Å². The molecule has 27 heavy (non-hydrogen) atoms. The van der Waals surface area contributed by atoms with Crippen LogP contribution in [0.5, 0.6) is 0 Å². The normalized spacial score (nSPS) is 21.8. The number of carbonyl (C=O) groups is 2. The number of fused-ring (bicyclic) bond motifs is 1. The van der Waals surface area contributed by atoms with Crippen molar-refractivity contribution in [3.63, 3.8) is 0 Å². The molecule has 3 heterocycles. The van der Waals surface area contributed by atoms with Gasteiger partial charge in [-0.15, -0.1) is 5.10 Å². The van der Waals surface area contributed by atoms with Crippen LogP contribution in [0.3, 0.4) is 0 Å². The molecule has 7 nitrogen and oxygen atoms in total. The van der Waals surface area contributed by atoms with E-state index in [2.05, 4.69) is 15.7 Å². The molecule has 2 saturated heterocycles. The third kappa shape index (κ3) is 3.57. The topological polar surface area (TPSA) is 79.3 Å². The summed E-state index contributed by atoms with van der Waals surface area (Å²) in [4.78, 5) is 26.5. The number of nitrogens with zero attached hydrogens (tertiary/aromatic N) is 3. The van der Waals surface area contributed by atoms with Gasteiger partial charge >= 0.3 is 11.8 Å². The summed E-state index contributed by atoms with van der Waals surface area (Å²) < 4.78 is 14.7. The summed E-state index contributed by atoms with van der Waals surface area (Å²) in [5.74, 6) is -0.320. The number of halogens is 1. The first-order valence-electron chi connectivity index (χ1n) is 9.15. The fraction of sp³-hybridized carbons (Fsp3) is 0.421. The summed E-state index contributed by atoms with van der Waals surface area (Å²) in [5.41, 5.74) is 1.44. The number of piperidine rings is 1. The van der Waals surface area contributed by atoms with Crippen LogP contribution < -0.4 is 10.6 Å². The summed E-state index contributed by atoms with van der Waals surface area (Å²) in [6.07, 6.45) is 1.04. The summed E-state index contributed by atoms with van der Waals surface area (Å²) >= 11 is 0. The van der Waals surface area contributed by atoms with Gasteiger partial charge in [0, 0.05) is 24.8 Å². The first kappa shape index (κ1) is 17.7. The molecule has 0 radical (unpaired) electrons. The Hall–Kier alpha value is -2.74. The van der Waals surface area contributed by atoms with E-state index in [0.29, 0.717) is 36.4 Å². The number of amides is 2. The van der Waals surface area contributed by atoms with E-state index in [0.717, 1.165) is 25.2 Å². The van der Waals surface area contributed by atoms with E-state index in [1.165, 1.54) is 12.1 Å². The van der Waals surface area contributed by atoms with Gasteiger partial charge in [-0.05, 0) is 62.5 Å². The van der Waals surface area contributed by atoms with Crippen LogP contribution in [0.15, 0.2) is 30.3 Å². The molecular formula is C19H22FN5O2. The van der Waals surface area contributed by atoms with Crippen LogP contribution in [-0.2, 0) is 9.59 Å². The van der Waals surface area contributed by atoms with Gasteiger partial charge in [0.25, 0.3) is 0 Å². The lowest BCUT2D eigenvalue weighted by atomic mass is 9.90. The van der Waals surface area contributed by atoms with E-state index in [-0.39, 0.29) is 5.82 Å². The van der Waals surface area contributed by atoms with Gasteiger partial charge < -0.3 is 15.5 Å². The molecule has 1 aromatic carbocycles. The number of anilines is 1. The van der Waals surface area contributed by atoms with Crippen molar-refractivity contribution in [2.24, 2.45) is 11.8 Å². The van der Waals surface area contributed by atoms with Crippen LogP contribution in [0.1, 0.15) is 12.1 Å². The maximum atomic E-state index is 13.1. The zero-order valence-corrected chi connectivity index (χ0v) is 15.1. The van der Waals surface area contributed by atoms with Crippen molar-refractivity contribution < 1.29 is 14.0 Å². The minimum atomic E-state index is -0.676. The predicted octanol–water partition coefficient (Wildman–Crippen LogP) is 1.33. The molecule has 2 N–H and O–H groups in total. The van der Waals surface area contributed by atoms with Crippen molar-refractivity contribution in [2.75, 3.05) is 31.5 Å². The number of aromatic nitrogens is 2. The molecule has 0 saturated carbocycles. The number of hydrogen-bond acceptors (Lipinski definition) is 4. The van der Waals surface area contributed by atoms with Crippen molar-refractivity contribution in [1.82, 2.24) is 20.0 Å². The highest BCUT2D eigenvalue weighted by atomic mass is 19.1. The zero-order chi connectivity index (χ0) is 19.0. The largest absolute Gasteiger partial charge is 0.334 e. The molecule has 2 amide bonds. The molecule has 142 valence electrons. The minimum absolute atomic E-state index is 0.299. The second-order valence-corrected chi connectivity index (χ2v) is 7.24. The van der Waals surface area contributed by atoms with Crippen LogP contribution in [-0.4, -0.2) is 52.7 Å². The van der Waals surface area contributed by atoms with Crippen molar-refractivity contribution in [2.45, 2.75) is 13.3 Å².